The first-order valence-electron chi connectivity index (χ1n) is 11.2. The van der Waals surface area contributed by atoms with Gasteiger partial charge in [-0.15, -0.1) is 0 Å². The monoisotopic (exact) mass is 411 g/mol. The number of aromatic nitrogens is 4. The molecule has 158 valence electrons. The predicted octanol–water partition coefficient (Wildman–Crippen LogP) is 5.10. The summed E-state index contributed by atoms with van der Waals surface area (Å²) in [5.74, 6) is 1.73. The van der Waals surface area contributed by atoms with Crippen molar-refractivity contribution in [3.63, 3.8) is 0 Å². The summed E-state index contributed by atoms with van der Waals surface area (Å²) in [7, 11) is 0. The number of hydrogen-bond acceptors (Lipinski definition) is 4. The van der Waals surface area contributed by atoms with Crippen LogP contribution in [0.25, 0.3) is 22.3 Å². The lowest BCUT2D eigenvalue weighted by Crippen LogP contribution is -2.34. The average molecular weight is 412 g/mol. The number of para-hydroxylation sites is 1. The summed E-state index contributed by atoms with van der Waals surface area (Å²) in [4.78, 5) is 16.8. The third kappa shape index (κ3) is 4.23. The molecule has 5 rings (SSSR count). The first-order chi connectivity index (χ1) is 15.2. The van der Waals surface area contributed by atoms with E-state index in [0.29, 0.717) is 5.92 Å². The van der Waals surface area contributed by atoms with Gasteiger partial charge in [0.1, 0.15) is 5.82 Å². The molecule has 5 heteroatoms. The minimum atomic E-state index is 0.667. The summed E-state index contributed by atoms with van der Waals surface area (Å²) in [6, 6.07) is 16.8. The number of rotatable bonds is 6. The Morgan fingerprint density at radius 2 is 1.87 bits per heavy atom. The molecule has 0 fully saturated rings. The fourth-order valence-electron chi connectivity index (χ4n) is 4.39. The maximum Gasteiger partial charge on any atom is 0.142 e. The second-order valence-electron chi connectivity index (χ2n) is 8.86. The van der Waals surface area contributed by atoms with Crippen LogP contribution in [-0.4, -0.2) is 31.0 Å². The molecule has 0 radical (unpaired) electrons. The lowest BCUT2D eigenvalue weighted by Gasteiger charge is -2.29. The molecule has 4 aromatic rings. The molecule has 4 heterocycles. The first kappa shape index (κ1) is 19.9. The van der Waals surface area contributed by atoms with Crippen LogP contribution in [0.15, 0.2) is 60.9 Å². The van der Waals surface area contributed by atoms with Gasteiger partial charge in [0.2, 0.25) is 0 Å². The molecule has 31 heavy (non-hydrogen) atoms. The molecule has 0 N–H and O–H groups in total. The summed E-state index contributed by atoms with van der Waals surface area (Å²) in [6.07, 6.45) is 5.92. The fourth-order valence-corrected chi connectivity index (χ4v) is 4.39. The number of hydrogen-bond donors (Lipinski definition) is 0. The minimum absolute atomic E-state index is 0.667. The molecule has 1 aromatic carbocycles. The van der Waals surface area contributed by atoms with Crippen LogP contribution >= 0.6 is 0 Å². The zero-order chi connectivity index (χ0) is 21.2. The summed E-state index contributed by atoms with van der Waals surface area (Å²) in [5.41, 5.74) is 5.89. The number of benzene rings is 1. The standard InChI is InChI=1S/C26H29N5/c1-19(2)9-12-24-25-18-30(17-22-11-10-20-6-3-4-8-23(20)28-22)14-15-31(25)26(29-24)21-7-5-13-27-16-21/h3-8,10-11,13,16,19H,9,12,14-15,17-18H2,1-2H3. The summed E-state index contributed by atoms with van der Waals surface area (Å²) < 4.78 is 2.41. The highest BCUT2D eigenvalue weighted by Gasteiger charge is 2.25. The van der Waals surface area contributed by atoms with Gasteiger partial charge in [-0.05, 0) is 43.0 Å². The van der Waals surface area contributed by atoms with E-state index in [1.54, 1.807) is 0 Å². The Hall–Kier alpha value is -3.05. The quantitative estimate of drug-likeness (QED) is 0.443. The molecule has 5 nitrogen and oxygen atoms in total. The van der Waals surface area contributed by atoms with Crippen LogP contribution in [0.1, 0.15) is 37.4 Å². The molecule has 1 aliphatic rings. The molecule has 0 atom stereocenters. The Morgan fingerprint density at radius 3 is 2.71 bits per heavy atom. The molecular formula is C26H29N5. The molecule has 3 aromatic heterocycles. The number of nitrogens with zero attached hydrogens (tertiary/aromatic N) is 5. The molecule has 0 unspecified atom stereocenters. The van der Waals surface area contributed by atoms with Gasteiger partial charge in [-0.25, -0.2) is 4.98 Å². The fraction of sp³-hybridized carbons (Fsp3) is 0.346. The second-order valence-corrected chi connectivity index (χ2v) is 8.86. The zero-order valence-corrected chi connectivity index (χ0v) is 18.3. The largest absolute Gasteiger partial charge is 0.325 e. The van der Waals surface area contributed by atoms with E-state index in [9.17, 15) is 0 Å². The van der Waals surface area contributed by atoms with Crippen molar-refractivity contribution in [3.8, 4) is 11.4 Å². The molecule has 0 amide bonds. The van der Waals surface area contributed by atoms with Gasteiger partial charge >= 0.3 is 0 Å². The number of fused-ring (bicyclic) bond motifs is 2. The van der Waals surface area contributed by atoms with E-state index in [4.69, 9.17) is 9.97 Å². The lowest BCUT2D eigenvalue weighted by molar-refractivity contribution is 0.210. The maximum atomic E-state index is 5.10. The normalized spacial score (nSPS) is 14.3. The van der Waals surface area contributed by atoms with Crippen molar-refractivity contribution < 1.29 is 0 Å². The number of imidazole rings is 1. The third-order valence-corrected chi connectivity index (χ3v) is 6.09. The van der Waals surface area contributed by atoms with Crippen LogP contribution in [0.4, 0.5) is 0 Å². The van der Waals surface area contributed by atoms with E-state index in [-0.39, 0.29) is 0 Å². The Labute approximate surface area is 183 Å². The first-order valence-corrected chi connectivity index (χ1v) is 11.2. The number of aryl methyl sites for hydroxylation is 1. The van der Waals surface area contributed by atoms with Crippen LogP contribution < -0.4 is 0 Å². The van der Waals surface area contributed by atoms with Gasteiger partial charge in [0, 0.05) is 49.5 Å². The van der Waals surface area contributed by atoms with Gasteiger partial charge in [0.05, 0.1) is 22.6 Å². The van der Waals surface area contributed by atoms with E-state index < -0.39 is 0 Å². The minimum Gasteiger partial charge on any atom is -0.325 e. The van der Waals surface area contributed by atoms with Crippen molar-refractivity contribution in [2.45, 2.75) is 46.3 Å². The molecular weight excluding hydrogens is 382 g/mol. The zero-order valence-electron chi connectivity index (χ0n) is 18.3. The van der Waals surface area contributed by atoms with Crippen LogP contribution in [0.5, 0.6) is 0 Å². The summed E-state index contributed by atoms with van der Waals surface area (Å²) in [5, 5.41) is 1.19. The average Bonchev–Trinajstić information content (AvgIpc) is 3.16. The van der Waals surface area contributed by atoms with Crippen LogP contribution in [0.2, 0.25) is 0 Å². The molecule has 0 saturated carbocycles. The van der Waals surface area contributed by atoms with Gasteiger partial charge in [0.15, 0.2) is 0 Å². The Morgan fingerprint density at radius 1 is 0.968 bits per heavy atom. The van der Waals surface area contributed by atoms with Gasteiger partial charge in [0.25, 0.3) is 0 Å². The van der Waals surface area contributed by atoms with Crippen LogP contribution in [-0.2, 0) is 26.1 Å². The van der Waals surface area contributed by atoms with Crippen molar-refractivity contribution in [2.24, 2.45) is 5.92 Å². The molecule has 1 aliphatic heterocycles. The van der Waals surface area contributed by atoms with Crippen molar-refractivity contribution in [2.75, 3.05) is 6.54 Å². The van der Waals surface area contributed by atoms with E-state index in [1.807, 2.05) is 18.5 Å². The van der Waals surface area contributed by atoms with E-state index in [1.165, 1.54) is 16.8 Å². The second kappa shape index (κ2) is 8.60. The van der Waals surface area contributed by atoms with Gasteiger partial charge in [-0.3, -0.25) is 14.9 Å². The highest BCUT2D eigenvalue weighted by atomic mass is 15.2. The van der Waals surface area contributed by atoms with Gasteiger partial charge < -0.3 is 4.57 Å². The van der Waals surface area contributed by atoms with E-state index in [2.05, 4.69) is 70.8 Å². The van der Waals surface area contributed by atoms with Gasteiger partial charge in [-0.1, -0.05) is 38.1 Å². The molecule has 0 aliphatic carbocycles. The highest BCUT2D eigenvalue weighted by molar-refractivity contribution is 5.78. The third-order valence-electron chi connectivity index (χ3n) is 6.09. The topological polar surface area (TPSA) is 46.8 Å². The Bertz CT molecular complexity index is 1180. The summed E-state index contributed by atoms with van der Waals surface area (Å²) >= 11 is 0. The van der Waals surface area contributed by atoms with Crippen LogP contribution in [0.3, 0.4) is 0 Å². The van der Waals surface area contributed by atoms with E-state index in [0.717, 1.165) is 61.6 Å². The lowest BCUT2D eigenvalue weighted by atomic mass is 10.0. The van der Waals surface area contributed by atoms with Crippen molar-refractivity contribution in [1.82, 2.24) is 24.4 Å². The highest BCUT2D eigenvalue weighted by Crippen LogP contribution is 2.28. The van der Waals surface area contributed by atoms with Crippen molar-refractivity contribution in [3.05, 3.63) is 78.0 Å². The molecule has 0 spiro atoms. The van der Waals surface area contributed by atoms with Crippen molar-refractivity contribution >= 4 is 10.9 Å². The smallest absolute Gasteiger partial charge is 0.142 e. The predicted molar refractivity (Wildman–Crippen MR) is 124 cm³/mol. The van der Waals surface area contributed by atoms with Crippen molar-refractivity contribution in [1.29, 1.82) is 0 Å². The van der Waals surface area contributed by atoms with E-state index >= 15 is 0 Å². The van der Waals surface area contributed by atoms with Crippen LogP contribution in [0, 0.1) is 5.92 Å². The number of pyridine rings is 2. The molecule has 0 saturated heterocycles. The maximum absolute atomic E-state index is 5.10. The molecule has 0 bridgehead atoms. The van der Waals surface area contributed by atoms with Gasteiger partial charge in [-0.2, -0.15) is 0 Å². The Balaban J connectivity index is 1.42. The summed E-state index contributed by atoms with van der Waals surface area (Å²) in [6.45, 7) is 8.28. The SMILES string of the molecule is CC(C)CCc1nc(-c2cccnc2)n2c1CN(Cc1ccc3ccccc3n1)CC2. The Kier molecular flexibility index (Phi) is 5.51.